The largest absolute Gasteiger partial charge is 0.416 e. The summed E-state index contributed by atoms with van der Waals surface area (Å²) in [6.07, 6.45) is -3.94. The highest BCUT2D eigenvalue weighted by Crippen LogP contribution is 2.65. The van der Waals surface area contributed by atoms with E-state index in [9.17, 15) is 17.6 Å². The molecular formula is C13H15F4N. The van der Waals surface area contributed by atoms with Crippen LogP contribution in [0.25, 0.3) is 0 Å². The van der Waals surface area contributed by atoms with E-state index in [1.807, 2.05) is 13.8 Å². The Morgan fingerprint density at radius 2 is 1.83 bits per heavy atom. The average Bonchev–Trinajstić information content (AvgIpc) is 2.80. The predicted molar refractivity (Wildman–Crippen MR) is 60.5 cm³/mol. The number of alkyl halides is 3. The lowest BCUT2D eigenvalue weighted by atomic mass is 9.84. The van der Waals surface area contributed by atoms with E-state index in [1.165, 1.54) is 0 Å². The number of nitrogens with two attached hydrogens (primary N) is 1. The second kappa shape index (κ2) is 3.70. The number of rotatable bonds is 2. The SMILES string of the molecule is CC1(C)CC1(CN)c1cc(F)ccc1C(F)(F)F. The van der Waals surface area contributed by atoms with Gasteiger partial charge in [0, 0.05) is 12.0 Å². The van der Waals surface area contributed by atoms with Crippen molar-refractivity contribution in [3.8, 4) is 0 Å². The van der Waals surface area contributed by atoms with Crippen molar-refractivity contribution in [1.82, 2.24) is 0 Å². The van der Waals surface area contributed by atoms with E-state index in [1.54, 1.807) is 0 Å². The zero-order valence-corrected chi connectivity index (χ0v) is 10.2. The van der Waals surface area contributed by atoms with Gasteiger partial charge in [-0.3, -0.25) is 0 Å². The molecule has 5 heteroatoms. The molecule has 0 bridgehead atoms. The minimum atomic E-state index is -4.48. The first-order valence-electron chi connectivity index (χ1n) is 5.71. The monoisotopic (exact) mass is 261 g/mol. The lowest BCUT2D eigenvalue weighted by molar-refractivity contribution is -0.138. The van der Waals surface area contributed by atoms with E-state index in [0.29, 0.717) is 6.42 Å². The van der Waals surface area contributed by atoms with Crippen LogP contribution in [-0.4, -0.2) is 6.54 Å². The summed E-state index contributed by atoms with van der Waals surface area (Å²) in [5, 5.41) is 0. The zero-order chi connectivity index (χ0) is 13.8. The van der Waals surface area contributed by atoms with Gasteiger partial charge < -0.3 is 5.73 Å². The van der Waals surface area contributed by atoms with Crippen LogP contribution in [0.1, 0.15) is 31.4 Å². The van der Waals surface area contributed by atoms with Crippen molar-refractivity contribution >= 4 is 0 Å². The molecule has 0 saturated heterocycles. The Bertz CT molecular complexity index is 478. The molecule has 0 aromatic heterocycles. The summed E-state index contributed by atoms with van der Waals surface area (Å²) in [6.45, 7) is 3.79. The van der Waals surface area contributed by atoms with Gasteiger partial charge in [-0.2, -0.15) is 13.2 Å². The third-order valence-electron chi connectivity index (χ3n) is 4.07. The van der Waals surface area contributed by atoms with Crippen LogP contribution in [0.3, 0.4) is 0 Å². The second-order valence-electron chi connectivity index (χ2n) is 5.53. The van der Waals surface area contributed by atoms with Crippen LogP contribution in [0.15, 0.2) is 18.2 Å². The van der Waals surface area contributed by atoms with Gasteiger partial charge in [-0.15, -0.1) is 0 Å². The topological polar surface area (TPSA) is 26.0 Å². The molecule has 18 heavy (non-hydrogen) atoms. The van der Waals surface area contributed by atoms with E-state index in [2.05, 4.69) is 0 Å². The van der Waals surface area contributed by atoms with Gasteiger partial charge in [0.05, 0.1) is 5.56 Å². The third-order valence-corrected chi connectivity index (χ3v) is 4.07. The first-order valence-corrected chi connectivity index (χ1v) is 5.71. The summed E-state index contributed by atoms with van der Waals surface area (Å²) < 4.78 is 52.2. The van der Waals surface area contributed by atoms with Crippen molar-refractivity contribution in [2.24, 2.45) is 11.1 Å². The average molecular weight is 261 g/mol. The fraction of sp³-hybridized carbons (Fsp3) is 0.538. The molecule has 2 N–H and O–H groups in total. The van der Waals surface area contributed by atoms with Gasteiger partial charge in [0.15, 0.2) is 0 Å². The maximum absolute atomic E-state index is 13.3. The van der Waals surface area contributed by atoms with E-state index < -0.39 is 23.0 Å². The Morgan fingerprint density at radius 3 is 2.22 bits per heavy atom. The Kier molecular flexibility index (Phi) is 2.74. The molecule has 0 amide bonds. The van der Waals surface area contributed by atoms with Crippen molar-refractivity contribution in [2.75, 3.05) is 6.54 Å². The molecule has 0 radical (unpaired) electrons. The van der Waals surface area contributed by atoms with Crippen LogP contribution in [0, 0.1) is 11.2 Å². The summed E-state index contributed by atoms with van der Waals surface area (Å²) >= 11 is 0. The van der Waals surface area contributed by atoms with Crippen molar-refractivity contribution in [2.45, 2.75) is 31.9 Å². The lowest BCUT2D eigenvalue weighted by Gasteiger charge is -2.23. The smallest absolute Gasteiger partial charge is 0.330 e. The van der Waals surface area contributed by atoms with E-state index in [0.717, 1.165) is 18.2 Å². The number of benzene rings is 1. The summed E-state index contributed by atoms with van der Waals surface area (Å²) in [5.74, 6) is -0.659. The molecule has 1 aliphatic carbocycles. The molecule has 2 rings (SSSR count). The number of hydrogen-bond acceptors (Lipinski definition) is 1. The fourth-order valence-corrected chi connectivity index (χ4v) is 2.79. The van der Waals surface area contributed by atoms with Crippen molar-refractivity contribution < 1.29 is 17.6 Å². The number of halogens is 4. The Labute approximate surface area is 103 Å². The molecule has 1 nitrogen and oxygen atoms in total. The van der Waals surface area contributed by atoms with Crippen LogP contribution >= 0.6 is 0 Å². The van der Waals surface area contributed by atoms with Crippen molar-refractivity contribution in [3.63, 3.8) is 0 Å². The quantitative estimate of drug-likeness (QED) is 0.810. The van der Waals surface area contributed by atoms with E-state index in [4.69, 9.17) is 5.73 Å². The molecule has 0 spiro atoms. The molecule has 1 saturated carbocycles. The molecule has 0 aliphatic heterocycles. The molecule has 1 fully saturated rings. The normalized spacial score (nSPS) is 26.2. The van der Waals surface area contributed by atoms with Crippen LogP contribution in [-0.2, 0) is 11.6 Å². The molecule has 0 heterocycles. The van der Waals surface area contributed by atoms with E-state index >= 15 is 0 Å². The minimum absolute atomic E-state index is 0.0116. The van der Waals surface area contributed by atoms with Crippen molar-refractivity contribution in [3.05, 3.63) is 35.1 Å². The first-order chi connectivity index (χ1) is 8.14. The summed E-state index contributed by atoms with van der Waals surface area (Å²) in [6, 6.07) is 2.62. The van der Waals surface area contributed by atoms with Gasteiger partial charge >= 0.3 is 6.18 Å². The summed E-state index contributed by atoms with van der Waals surface area (Å²) in [4.78, 5) is 0. The Balaban J connectivity index is 2.61. The molecule has 1 atom stereocenters. The van der Waals surface area contributed by atoms with Gasteiger partial charge in [-0.1, -0.05) is 13.8 Å². The maximum atomic E-state index is 13.3. The highest BCUT2D eigenvalue weighted by molar-refractivity contribution is 5.44. The van der Waals surface area contributed by atoms with Gasteiger partial charge in [0.25, 0.3) is 0 Å². The molecule has 100 valence electrons. The van der Waals surface area contributed by atoms with Gasteiger partial charge in [-0.05, 0) is 35.6 Å². The highest BCUT2D eigenvalue weighted by atomic mass is 19.4. The molecule has 1 aromatic rings. The molecule has 1 aromatic carbocycles. The molecular weight excluding hydrogens is 246 g/mol. The second-order valence-corrected chi connectivity index (χ2v) is 5.53. The maximum Gasteiger partial charge on any atom is 0.416 e. The fourth-order valence-electron chi connectivity index (χ4n) is 2.79. The highest BCUT2D eigenvalue weighted by Gasteiger charge is 2.62. The van der Waals surface area contributed by atoms with Crippen LogP contribution < -0.4 is 5.73 Å². The number of hydrogen-bond donors (Lipinski definition) is 1. The summed E-state index contributed by atoms with van der Waals surface area (Å²) in [7, 11) is 0. The van der Waals surface area contributed by atoms with Gasteiger partial charge in [0.1, 0.15) is 5.82 Å². The summed E-state index contributed by atoms with van der Waals surface area (Å²) in [5.41, 5.74) is 3.77. The Hall–Kier alpha value is -1.10. The van der Waals surface area contributed by atoms with Crippen LogP contribution in [0.2, 0.25) is 0 Å². The lowest BCUT2D eigenvalue weighted by Crippen LogP contribution is -2.28. The first kappa shape index (κ1) is 13.3. The van der Waals surface area contributed by atoms with E-state index in [-0.39, 0.29) is 17.5 Å². The van der Waals surface area contributed by atoms with Gasteiger partial charge in [0.2, 0.25) is 0 Å². The zero-order valence-electron chi connectivity index (χ0n) is 10.2. The minimum Gasteiger partial charge on any atom is -0.330 e. The van der Waals surface area contributed by atoms with Crippen molar-refractivity contribution in [1.29, 1.82) is 0 Å². The van der Waals surface area contributed by atoms with Crippen LogP contribution in [0.5, 0.6) is 0 Å². The van der Waals surface area contributed by atoms with Gasteiger partial charge in [-0.25, -0.2) is 4.39 Å². The Morgan fingerprint density at radius 1 is 1.28 bits per heavy atom. The predicted octanol–water partition coefficient (Wildman–Crippen LogP) is 3.47. The third kappa shape index (κ3) is 1.81. The van der Waals surface area contributed by atoms with Crippen LogP contribution in [0.4, 0.5) is 17.6 Å². The standard InChI is InChI=1S/C13H15F4N/c1-11(2)6-12(11,7-18)10-5-8(14)3-4-9(10)13(15,16)17/h3-5H,6-7,18H2,1-2H3. The molecule has 1 aliphatic rings. The molecule has 1 unspecified atom stereocenters.